The lowest BCUT2D eigenvalue weighted by Gasteiger charge is -2.05. The summed E-state index contributed by atoms with van der Waals surface area (Å²) < 4.78 is 0. The van der Waals surface area contributed by atoms with E-state index in [9.17, 15) is 9.59 Å². The molecule has 0 aliphatic heterocycles. The summed E-state index contributed by atoms with van der Waals surface area (Å²) in [6.45, 7) is 4.27. The summed E-state index contributed by atoms with van der Waals surface area (Å²) in [5.74, 6) is -0.0605. The van der Waals surface area contributed by atoms with E-state index in [0.717, 1.165) is 13.1 Å². The summed E-state index contributed by atoms with van der Waals surface area (Å²) in [6, 6.07) is 9.05. The Balaban J connectivity index is 0.00000324. The van der Waals surface area contributed by atoms with Crippen LogP contribution in [0.1, 0.15) is 30.1 Å². The summed E-state index contributed by atoms with van der Waals surface area (Å²) in [6.07, 6.45) is 0.511. The second-order valence-electron chi connectivity index (χ2n) is 3.99. The highest BCUT2D eigenvalue weighted by Crippen LogP contribution is 2.04. The zero-order valence-corrected chi connectivity index (χ0v) is 12.0. The molecular weight excluding hydrogens is 264 g/mol. The summed E-state index contributed by atoms with van der Waals surface area (Å²) >= 11 is 0. The van der Waals surface area contributed by atoms with Crippen LogP contribution in [0.2, 0.25) is 0 Å². The number of hydrogen-bond acceptors (Lipinski definition) is 3. The minimum atomic E-state index is -0.0721. The van der Waals surface area contributed by atoms with Gasteiger partial charge in [0.1, 0.15) is 0 Å². The maximum atomic E-state index is 11.7. The third-order valence-electron chi connectivity index (χ3n) is 2.55. The zero-order chi connectivity index (χ0) is 13.2. The van der Waals surface area contributed by atoms with Crippen LogP contribution in [0.4, 0.5) is 0 Å². The Hall–Kier alpha value is -1.39. The Morgan fingerprint density at radius 2 is 1.74 bits per heavy atom. The number of hydrogen-bond donors (Lipinski definition) is 2. The first kappa shape index (κ1) is 17.6. The first-order chi connectivity index (χ1) is 8.74. The van der Waals surface area contributed by atoms with E-state index in [1.54, 1.807) is 12.1 Å². The Labute approximate surface area is 120 Å². The van der Waals surface area contributed by atoms with Gasteiger partial charge >= 0.3 is 0 Å². The van der Waals surface area contributed by atoms with Gasteiger partial charge in [-0.3, -0.25) is 9.59 Å². The normalized spacial score (nSPS) is 9.53. The highest BCUT2D eigenvalue weighted by Gasteiger charge is 2.08. The van der Waals surface area contributed by atoms with E-state index >= 15 is 0 Å². The summed E-state index contributed by atoms with van der Waals surface area (Å²) in [4.78, 5) is 23.2. The van der Waals surface area contributed by atoms with Crippen molar-refractivity contribution in [3.8, 4) is 0 Å². The average Bonchev–Trinajstić information content (AvgIpc) is 2.42. The van der Waals surface area contributed by atoms with Gasteiger partial charge < -0.3 is 10.6 Å². The molecule has 19 heavy (non-hydrogen) atoms. The third kappa shape index (κ3) is 7.59. The van der Waals surface area contributed by atoms with Crippen LogP contribution in [0, 0.1) is 0 Å². The molecule has 0 unspecified atom stereocenters. The number of ketones is 1. The van der Waals surface area contributed by atoms with Gasteiger partial charge in [0.25, 0.3) is 0 Å². The molecule has 4 nitrogen and oxygen atoms in total. The van der Waals surface area contributed by atoms with Crippen molar-refractivity contribution in [2.45, 2.75) is 19.8 Å². The van der Waals surface area contributed by atoms with Crippen LogP contribution in [-0.4, -0.2) is 31.3 Å². The molecule has 0 bridgehead atoms. The maximum absolute atomic E-state index is 11.7. The van der Waals surface area contributed by atoms with Crippen molar-refractivity contribution in [1.82, 2.24) is 10.6 Å². The van der Waals surface area contributed by atoms with Crippen molar-refractivity contribution in [3.63, 3.8) is 0 Å². The van der Waals surface area contributed by atoms with Gasteiger partial charge in [0, 0.05) is 31.5 Å². The van der Waals surface area contributed by atoms with Crippen LogP contribution in [0.5, 0.6) is 0 Å². The first-order valence-electron chi connectivity index (χ1n) is 6.29. The number of rotatable bonds is 8. The first-order valence-corrected chi connectivity index (χ1v) is 6.29. The number of carbonyl (C=O) groups is 2. The number of amides is 1. The highest BCUT2D eigenvalue weighted by atomic mass is 35.5. The molecule has 0 aliphatic rings. The second kappa shape index (κ2) is 10.5. The molecular formula is C14H21ClN2O2. The lowest BCUT2D eigenvalue weighted by Crippen LogP contribution is -2.31. The Morgan fingerprint density at radius 1 is 1.05 bits per heavy atom. The van der Waals surface area contributed by atoms with Gasteiger partial charge in [-0.05, 0) is 6.54 Å². The van der Waals surface area contributed by atoms with E-state index in [0.29, 0.717) is 12.1 Å². The molecule has 1 aromatic rings. The van der Waals surface area contributed by atoms with E-state index in [4.69, 9.17) is 0 Å². The molecule has 0 atom stereocenters. The van der Waals surface area contributed by atoms with Crippen molar-refractivity contribution < 1.29 is 9.59 Å². The minimum Gasteiger partial charge on any atom is -0.355 e. The molecule has 0 aromatic heterocycles. The van der Waals surface area contributed by atoms with E-state index in [-0.39, 0.29) is 36.9 Å². The fourth-order valence-corrected chi connectivity index (χ4v) is 1.55. The molecule has 1 aromatic carbocycles. The number of nitrogens with one attached hydrogen (secondary N) is 2. The molecule has 5 heteroatoms. The number of likely N-dealkylation sites (N-methyl/N-ethyl adjacent to an activating group) is 1. The van der Waals surface area contributed by atoms with Gasteiger partial charge in [-0.25, -0.2) is 0 Å². The fourth-order valence-electron chi connectivity index (χ4n) is 1.55. The molecule has 0 saturated carbocycles. The van der Waals surface area contributed by atoms with Crippen molar-refractivity contribution >= 4 is 24.1 Å². The molecule has 0 spiro atoms. The Morgan fingerprint density at radius 3 is 2.37 bits per heavy atom. The van der Waals surface area contributed by atoms with Gasteiger partial charge in [0.05, 0.1) is 0 Å². The van der Waals surface area contributed by atoms with Gasteiger partial charge in [0.2, 0.25) is 5.91 Å². The monoisotopic (exact) mass is 284 g/mol. The second-order valence-corrected chi connectivity index (χ2v) is 3.99. The number of Topliss-reactive ketones (excluding diaryl/α,β-unsaturated/α-hetero) is 1. The highest BCUT2D eigenvalue weighted by molar-refractivity contribution is 5.97. The smallest absolute Gasteiger partial charge is 0.220 e. The number of benzene rings is 1. The van der Waals surface area contributed by atoms with Gasteiger partial charge in [-0.15, -0.1) is 12.4 Å². The number of carbonyl (C=O) groups excluding carboxylic acids is 2. The quantitative estimate of drug-likeness (QED) is 0.565. The maximum Gasteiger partial charge on any atom is 0.220 e. The molecule has 0 heterocycles. The summed E-state index contributed by atoms with van der Waals surface area (Å²) in [5.41, 5.74) is 0.665. The number of halogens is 1. The van der Waals surface area contributed by atoms with Crippen molar-refractivity contribution in [3.05, 3.63) is 35.9 Å². The van der Waals surface area contributed by atoms with Gasteiger partial charge in [-0.1, -0.05) is 37.3 Å². The van der Waals surface area contributed by atoms with E-state index in [1.807, 2.05) is 25.1 Å². The zero-order valence-electron chi connectivity index (χ0n) is 11.1. The van der Waals surface area contributed by atoms with Crippen LogP contribution < -0.4 is 10.6 Å². The van der Waals surface area contributed by atoms with Crippen molar-refractivity contribution in [2.24, 2.45) is 0 Å². The predicted octanol–water partition coefficient (Wildman–Crippen LogP) is 1.80. The minimum absolute atomic E-state index is 0. The molecule has 0 aliphatic carbocycles. The molecule has 1 rings (SSSR count). The molecule has 106 valence electrons. The molecule has 0 fully saturated rings. The predicted molar refractivity (Wildman–Crippen MR) is 78.8 cm³/mol. The van der Waals surface area contributed by atoms with E-state index in [1.165, 1.54) is 0 Å². The van der Waals surface area contributed by atoms with Gasteiger partial charge in [0.15, 0.2) is 5.78 Å². The van der Waals surface area contributed by atoms with Crippen LogP contribution in [0.15, 0.2) is 30.3 Å². The van der Waals surface area contributed by atoms with E-state index in [2.05, 4.69) is 10.6 Å². The molecule has 0 radical (unpaired) electrons. The van der Waals surface area contributed by atoms with Crippen LogP contribution >= 0.6 is 12.4 Å². The van der Waals surface area contributed by atoms with Crippen molar-refractivity contribution in [1.29, 1.82) is 0 Å². The van der Waals surface area contributed by atoms with E-state index < -0.39 is 0 Å². The molecule has 0 saturated heterocycles. The fraction of sp³-hybridized carbons (Fsp3) is 0.429. The molecule has 1 amide bonds. The lowest BCUT2D eigenvalue weighted by atomic mass is 10.1. The SMILES string of the molecule is CCNCCNC(=O)CCC(=O)c1ccccc1.Cl. The van der Waals surface area contributed by atoms with Crippen LogP contribution in [-0.2, 0) is 4.79 Å². The van der Waals surface area contributed by atoms with Crippen molar-refractivity contribution in [2.75, 3.05) is 19.6 Å². The van der Waals surface area contributed by atoms with Crippen LogP contribution in [0.3, 0.4) is 0 Å². The Kier molecular flexibility index (Phi) is 9.75. The van der Waals surface area contributed by atoms with Crippen LogP contribution in [0.25, 0.3) is 0 Å². The van der Waals surface area contributed by atoms with Gasteiger partial charge in [-0.2, -0.15) is 0 Å². The third-order valence-corrected chi connectivity index (χ3v) is 2.55. The summed E-state index contributed by atoms with van der Waals surface area (Å²) in [7, 11) is 0. The lowest BCUT2D eigenvalue weighted by molar-refractivity contribution is -0.121. The average molecular weight is 285 g/mol. The standard InChI is InChI=1S/C14H20N2O2.ClH/c1-2-15-10-11-16-14(18)9-8-13(17)12-6-4-3-5-7-12;/h3-7,15H,2,8-11H2,1H3,(H,16,18);1H. The molecule has 2 N–H and O–H groups in total. The summed E-state index contributed by atoms with van der Waals surface area (Å²) in [5, 5.41) is 5.88. The largest absolute Gasteiger partial charge is 0.355 e. The Bertz CT molecular complexity index is 382. The topological polar surface area (TPSA) is 58.2 Å².